The van der Waals surface area contributed by atoms with Crippen LogP contribution in [0.25, 0.3) is 0 Å². The molecule has 0 aliphatic carbocycles. The summed E-state index contributed by atoms with van der Waals surface area (Å²) in [4.78, 5) is 2.16. The van der Waals surface area contributed by atoms with E-state index in [-0.39, 0.29) is 18.0 Å². The fourth-order valence-electron chi connectivity index (χ4n) is 3.08. The summed E-state index contributed by atoms with van der Waals surface area (Å²) in [5.74, 6) is 0.402. The van der Waals surface area contributed by atoms with E-state index in [9.17, 15) is 4.39 Å². The van der Waals surface area contributed by atoms with Gasteiger partial charge in [0.15, 0.2) is 0 Å². The van der Waals surface area contributed by atoms with E-state index in [0.29, 0.717) is 11.6 Å². The Morgan fingerprint density at radius 2 is 2.11 bits per heavy atom. The molecule has 1 atom stereocenters. The number of hydrogen-bond donors (Lipinski definition) is 1. The summed E-state index contributed by atoms with van der Waals surface area (Å²) in [6, 6.07) is 6.98. The summed E-state index contributed by atoms with van der Waals surface area (Å²) >= 11 is 0. The summed E-state index contributed by atoms with van der Waals surface area (Å²) in [5.41, 5.74) is 0.644. The molecule has 0 saturated carbocycles. The van der Waals surface area contributed by atoms with Gasteiger partial charge < -0.3 is 10.0 Å². The van der Waals surface area contributed by atoms with Crippen LogP contribution in [-0.4, -0.2) is 23.8 Å². The number of aliphatic hydroxyl groups is 1. The fourth-order valence-corrected chi connectivity index (χ4v) is 3.08. The first kappa shape index (κ1) is 13.3. The van der Waals surface area contributed by atoms with Crippen molar-refractivity contribution in [1.29, 1.82) is 0 Å². The number of rotatable bonds is 3. The molecule has 2 rings (SSSR count). The Kier molecular flexibility index (Phi) is 3.91. The summed E-state index contributed by atoms with van der Waals surface area (Å²) in [6.07, 6.45) is 2.88. The Labute approximate surface area is 108 Å². The molecular formula is C15H22FNO. The van der Waals surface area contributed by atoms with Gasteiger partial charge in [0.25, 0.3) is 0 Å². The average Bonchev–Trinajstić information content (AvgIpc) is 2.30. The molecule has 0 amide bonds. The highest BCUT2D eigenvalue weighted by molar-refractivity contribution is 5.50. The van der Waals surface area contributed by atoms with Crippen LogP contribution in [0.5, 0.6) is 0 Å². The van der Waals surface area contributed by atoms with Crippen molar-refractivity contribution in [3.8, 4) is 0 Å². The van der Waals surface area contributed by atoms with Crippen molar-refractivity contribution in [2.45, 2.75) is 38.6 Å². The highest BCUT2D eigenvalue weighted by Crippen LogP contribution is 2.37. The largest absolute Gasteiger partial charge is 0.396 e. The van der Waals surface area contributed by atoms with Gasteiger partial charge in [-0.1, -0.05) is 12.1 Å². The molecule has 1 saturated heterocycles. The highest BCUT2D eigenvalue weighted by Gasteiger charge is 2.35. The molecule has 1 aromatic rings. The Balaban J connectivity index is 2.18. The fraction of sp³-hybridized carbons (Fsp3) is 0.600. The molecule has 1 aliphatic heterocycles. The molecule has 0 aromatic heterocycles. The van der Waals surface area contributed by atoms with E-state index in [1.807, 2.05) is 12.1 Å². The van der Waals surface area contributed by atoms with Crippen LogP contribution >= 0.6 is 0 Å². The normalized spacial score (nSPS) is 23.1. The van der Waals surface area contributed by atoms with Crippen molar-refractivity contribution in [2.24, 2.45) is 5.92 Å². The second-order valence-electron chi connectivity index (χ2n) is 5.79. The lowest BCUT2D eigenvalue weighted by Gasteiger charge is -2.47. The molecule has 0 spiro atoms. The summed E-state index contributed by atoms with van der Waals surface area (Å²) in [5, 5.41) is 9.04. The monoisotopic (exact) mass is 251 g/mol. The Morgan fingerprint density at radius 1 is 1.39 bits per heavy atom. The number of benzene rings is 1. The zero-order valence-electron chi connectivity index (χ0n) is 11.2. The topological polar surface area (TPSA) is 23.5 Å². The minimum absolute atomic E-state index is 0.0553. The molecule has 18 heavy (non-hydrogen) atoms. The molecule has 1 fully saturated rings. The predicted octanol–water partition coefficient (Wildman–Crippen LogP) is 3.20. The molecule has 1 aliphatic rings. The van der Waals surface area contributed by atoms with E-state index in [1.54, 1.807) is 6.07 Å². The minimum atomic E-state index is -0.147. The Morgan fingerprint density at radius 3 is 2.72 bits per heavy atom. The first-order valence-electron chi connectivity index (χ1n) is 6.67. The minimum Gasteiger partial charge on any atom is -0.396 e. The third-order valence-corrected chi connectivity index (χ3v) is 3.96. The van der Waals surface area contributed by atoms with Crippen molar-refractivity contribution in [1.82, 2.24) is 0 Å². The predicted molar refractivity (Wildman–Crippen MR) is 72.3 cm³/mol. The molecule has 0 bridgehead atoms. The number of aliphatic hydroxyl groups excluding tert-OH is 1. The summed E-state index contributed by atoms with van der Waals surface area (Å²) in [7, 11) is 0. The van der Waals surface area contributed by atoms with Crippen LogP contribution in [0.4, 0.5) is 10.1 Å². The van der Waals surface area contributed by atoms with Crippen LogP contribution in [0.1, 0.15) is 33.1 Å². The van der Waals surface area contributed by atoms with Gasteiger partial charge in [-0.15, -0.1) is 0 Å². The summed E-state index contributed by atoms with van der Waals surface area (Å²) in [6.45, 7) is 5.42. The van der Waals surface area contributed by atoms with E-state index < -0.39 is 0 Å². The SMILES string of the molecule is CC1(C)CC(CCO)CCN1c1ccccc1F. The Bertz CT molecular complexity index is 405. The van der Waals surface area contributed by atoms with Gasteiger partial charge in [-0.05, 0) is 51.2 Å². The third-order valence-electron chi connectivity index (χ3n) is 3.96. The van der Waals surface area contributed by atoms with Crippen LogP contribution < -0.4 is 4.90 Å². The smallest absolute Gasteiger partial charge is 0.146 e. The van der Waals surface area contributed by atoms with Gasteiger partial charge in [-0.3, -0.25) is 0 Å². The molecule has 1 heterocycles. The van der Waals surface area contributed by atoms with Crippen molar-refractivity contribution >= 4 is 5.69 Å². The van der Waals surface area contributed by atoms with Crippen LogP contribution in [0.15, 0.2) is 24.3 Å². The lowest BCUT2D eigenvalue weighted by molar-refractivity contribution is 0.204. The molecule has 1 unspecified atom stereocenters. The standard InChI is InChI=1S/C15H22FNO/c1-15(2)11-12(8-10-18)7-9-17(15)14-6-4-3-5-13(14)16/h3-6,12,18H,7-11H2,1-2H3. The number of nitrogens with zero attached hydrogens (tertiary/aromatic N) is 1. The number of anilines is 1. The van der Waals surface area contributed by atoms with Gasteiger partial charge in [0, 0.05) is 18.7 Å². The zero-order valence-corrected chi connectivity index (χ0v) is 11.2. The van der Waals surface area contributed by atoms with Crippen molar-refractivity contribution in [3.05, 3.63) is 30.1 Å². The van der Waals surface area contributed by atoms with Gasteiger partial charge in [0.1, 0.15) is 5.82 Å². The van der Waals surface area contributed by atoms with Gasteiger partial charge in [0.2, 0.25) is 0 Å². The average molecular weight is 251 g/mol. The van der Waals surface area contributed by atoms with Crippen LogP contribution in [0, 0.1) is 11.7 Å². The number of para-hydroxylation sites is 1. The second kappa shape index (κ2) is 5.27. The lowest BCUT2D eigenvalue weighted by atomic mass is 9.81. The van der Waals surface area contributed by atoms with E-state index in [4.69, 9.17) is 5.11 Å². The van der Waals surface area contributed by atoms with E-state index in [2.05, 4.69) is 18.7 Å². The van der Waals surface area contributed by atoms with E-state index in [0.717, 1.165) is 25.8 Å². The quantitative estimate of drug-likeness (QED) is 0.891. The molecule has 1 N–H and O–H groups in total. The van der Waals surface area contributed by atoms with Crippen LogP contribution in [0.2, 0.25) is 0 Å². The summed E-state index contributed by atoms with van der Waals surface area (Å²) < 4.78 is 13.9. The highest BCUT2D eigenvalue weighted by atomic mass is 19.1. The van der Waals surface area contributed by atoms with Crippen LogP contribution in [-0.2, 0) is 0 Å². The first-order valence-corrected chi connectivity index (χ1v) is 6.67. The molecule has 0 radical (unpaired) electrons. The van der Waals surface area contributed by atoms with E-state index in [1.165, 1.54) is 6.07 Å². The molecule has 2 nitrogen and oxygen atoms in total. The maximum atomic E-state index is 13.9. The van der Waals surface area contributed by atoms with Gasteiger partial charge >= 0.3 is 0 Å². The number of hydrogen-bond acceptors (Lipinski definition) is 2. The second-order valence-corrected chi connectivity index (χ2v) is 5.79. The van der Waals surface area contributed by atoms with E-state index >= 15 is 0 Å². The Hall–Kier alpha value is -1.09. The molecular weight excluding hydrogens is 229 g/mol. The molecule has 1 aromatic carbocycles. The van der Waals surface area contributed by atoms with Crippen molar-refractivity contribution in [2.75, 3.05) is 18.1 Å². The van der Waals surface area contributed by atoms with Crippen molar-refractivity contribution < 1.29 is 9.50 Å². The molecule has 100 valence electrons. The maximum Gasteiger partial charge on any atom is 0.146 e. The molecule has 3 heteroatoms. The first-order chi connectivity index (χ1) is 8.54. The van der Waals surface area contributed by atoms with Crippen molar-refractivity contribution in [3.63, 3.8) is 0 Å². The third kappa shape index (κ3) is 2.66. The number of halogens is 1. The number of piperidine rings is 1. The van der Waals surface area contributed by atoms with Gasteiger partial charge in [-0.25, -0.2) is 4.39 Å². The van der Waals surface area contributed by atoms with Gasteiger partial charge in [-0.2, -0.15) is 0 Å². The zero-order chi connectivity index (χ0) is 13.2. The van der Waals surface area contributed by atoms with Crippen LogP contribution in [0.3, 0.4) is 0 Å². The maximum absolute atomic E-state index is 13.9. The van der Waals surface area contributed by atoms with Gasteiger partial charge in [0.05, 0.1) is 5.69 Å². The lowest BCUT2D eigenvalue weighted by Crippen LogP contribution is -2.50.